The van der Waals surface area contributed by atoms with Gasteiger partial charge in [0.15, 0.2) is 0 Å². The van der Waals surface area contributed by atoms with E-state index in [-0.39, 0.29) is 0 Å². The van der Waals surface area contributed by atoms with Crippen molar-refractivity contribution in [1.82, 2.24) is 0 Å². The van der Waals surface area contributed by atoms with Crippen LogP contribution >= 0.6 is 0 Å². The Morgan fingerprint density at radius 1 is 1.26 bits per heavy atom. The SMILES string of the molecule is CCCC=Cc1ccccc1COCC(C)(C)C=O. The molecule has 2 nitrogen and oxygen atoms in total. The van der Waals surface area contributed by atoms with Crippen LogP contribution in [0.25, 0.3) is 6.08 Å². The van der Waals surface area contributed by atoms with Gasteiger partial charge in [-0.1, -0.05) is 63.6 Å². The van der Waals surface area contributed by atoms with E-state index in [1.54, 1.807) is 0 Å². The van der Waals surface area contributed by atoms with Crippen molar-refractivity contribution in [2.24, 2.45) is 5.41 Å². The molecule has 0 bridgehead atoms. The minimum absolute atomic E-state index is 0.410. The second-order valence-electron chi connectivity index (χ2n) is 5.49. The number of carbonyl (C=O) groups is 1. The van der Waals surface area contributed by atoms with Crippen molar-refractivity contribution in [2.75, 3.05) is 6.61 Å². The van der Waals surface area contributed by atoms with Crippen LogP contribution in [0.5, 0.6) is 0 Å². The van der Waals surface area contributed by atoms with E-state index in [9.17, 15) is 4.79 Å². The molecule has 0 radical (unpaired) electrons. The fourth-order valence-corrected chi connectivity index (χ4v) is 1.66. The van der Waals surface area contributed by atoms with Gasteiger partial charge in [-0.25, -0.2) is 0 Å². The highest BCUT2D eigenvalue weighted by Crippen LogP contribution is 2.16. The highest BCUT2D eigenvalue weighted by molar-refractivity contribution is 5.58. The molecule has 0 amide bonds. The van der Waals surface area contributed by atoms with Crippen molar-refractivity contribution >= 4 is 12.4 Å². The molecule has 0 atom stereocenters. The smallest absolute Gasteiger partial charge is 0.127 e. The number of hydrogen-bond acceptors (Lipinski definition) is 2. The maximum atomic E-state index is 10.8. The van der Waals surface area contributed by atoms with Crippen molar-refractivity contribution in [3.63, 3.8) is 0 Å². The highest BCUT2D eigenvalue weighted by atomic mass is 16.5. The van der Waals surface area contributed by atoms with Crippen molar-refractivity contribution in [3.8, 4) is 0 Å². The Morgan fingerprint density at radius 2 is 2.00 bits per heavy atom. The summed E-state index contributed by atoms with van der Waals surface area (Å²) in [7, 11) is 0. The van der Waals surface area contributed by atoms with Crippen molar-refractivity contribution in [3.05, 3.63) is 41.5 Å². The van der Waals surface area contributed by atoms with E-state index in [4.69, 9.17) is 4.74 Å². The number of hydrogen-bond donors (Lipinski definition) is 0. The zero-order chi connectivity index (χ0) is 14.1. The van der Waals surface area contributed by atoms with Gasteiger partial charge < -0.3 is 9.53 Å². The summed E-state index contributed by atoms with van der Waals surface area (Å²) in [6.45, 7) is 6.92. The van der Waals surface area contributed by atoms with Gasteiger partial charge in [0.1, 0.15) is 6.29 Å². The van der Waals surface area contributed by atoms with Crippen LogP contribution in [0.4, 0.5) is 0 Å². The first-order valence-electron chi connectivity index (χ1n) is 6.87. The normalized spacial score (nSPS) is 11.9. The zero-order valence-corrected chi connectivity index (χ0v) is 12.2. The predicted octanol–water partition coefficient (Wildman–Crippen LogP) is 4.24. The van der Waals surface area contributed by atoms with Gasteiger partial charge >= 0.3 is 0 Å². The average Bonchev–Trinajstić information content (AvgIpc) is 2.41. The van der Waals surface area contributed by atoms with Crippen molar-refractivity contribution < 1.29 is 9.53 Å². The van der Waals surface area contributed by atoms with Crippen LogP contribution in [0.3, 0.4) is 0 Å². The Kier molecular flexibility index (Phi) is 6.51. The molecule has 0 unspecified atom stereocenters. The van der Waals surface area contributed by atoms with E-state index >= 15 is 0 Å². The topological polar surface area (TPSA) is 26.3 Å². The monoisotopic (exact) mass is 260 g/mol. The van der Waals surface area contributed by atoms with E-state index in [1.807, 2.05) is 26.0 Å². The molecule has 0 heterocycles. The molecule has 19 heavy (non-hydrogen) atoms. The van der Waals surface area contributed by atoms with E-state index in [1.165, 1.54) is 5.56 Å². The molecular formula is C17H24O2. The molecule has 1 aromatic rings. The van der Waals surface area contributed by atoms with E-state index < -0.39 is 5.41 Å². The summed E-state index contributed by atoms with van der Waals surface area (Å²) >= 11 is 0. The molecule has 0 spiro atoms. The zero-order valence-electron chi connectivity index (χ0n) is 12.2. The maximum Gasteiger partial charge on any atom is 0.127 e. The van der Waals surface area contributed by atoms with Crippen LogP contribution in [-0.2, 0) is 16.1 Å². The molecule has 0 saturated carbocycles. The molecule has 1 rings (SSSR count). The molecule has 1 aromatic carbocycles. The largest absolute Gasteiger partial charge is 0.376 e. The fraction of sp³-hybridized carbons (Fsp3) is 0.471. The Morgan fingerprint density at radius 3 is 2.68 bits per heavy atom. The molecule has 0 fully saturated rings. The summed E-state index contributed by atoms with van der Waals surface area (Å²) < 4.78 is 5.66. The lowest BCUT2D eigenvalue weighted by molar-refractivity contribution is -0.117. The molecule has 2 heteroatoms. The first kappa shape index (κ1) is 15.6. The van der Waals surface area contributed by atoms with Gasteiger partial charge in [-0.2, -0.15) is 0 Å². The lowest BCUT2D eigenvalue weighted by atomic mass is 9.97. The fourth-order valence-electron chi connectivity index (χ4n) is 1.66. The molecule has 104 valence electrons. The van der Waals surface area contributed by atoms with Crippen LogP contribution in [0.15, 0.2) is 30.3 Å². The summed E-state index contributed by atoms with van der Waals surface area (Å²) in [6, 6.07) is 8.21. The molecule has 0 aliphatic carbocycles. The highest BCUT2D eigenvalue weighted by Gasteiger charge is 2.16. The van der Waals surface area contributed by atoms with Gasteiger partial charge in [-0.05, 0) is 17.5 Å². The predicted molar refractivity (Wildman–Crippen MR) is 79.9 cm³/mol. The number of unbranched alkanes of at least 4 members (excludes halogenated alkanes) is 1. The summed E-state index contributed by atoms with van der Waals surface area (Å²) in [5.41, 5.74) is 1.95. The van der Waals surface area contributed by atoms with Crippen LogP contribution in [0.1, 0.15) is 44.7 Å². The van der Waals surface area contributed by atoms with Crippen molar-refractivity contribution in [2.45, 2.75) is 40.2 Å². The minimum atomic E-state index is -0.410. The Bertz CT molecular complexity index is 419. The summed E-state index contributed by atoms with van der Waals surface area (Å²) in [4.78, 5) is 10.8. The number of allylic oxidation sites excluding steroid dienone is 1. The number of benzene rings is 1. The number of rotatable bonds is 8. The minimum Gasteiger partial charge on any atom is -0.376 e. The summed E-state index contributed by atoms with van der Waals surface area (Å²) in [6.07, 6.45) is 7.53. The van der Waals surface area contributed by atoms with Crippen LogP contribution in [0, 0.1) is 5.41 Å². The number of carbonyl (C=O) groups excluding carboxylic acids is 1. The molecule has 0 aromatic heterocycles. The van der Waals surface area contributed by atoms with Crippen molar-refractivity contribution in [1.29, 1.82) is 0 Å². The number of aldehydes is 1. The first-order valence-corrected chi connectivity index (χ1v) is 6.87. The van der Waals surface area contributed by atoms with Crippen LogP contribution in [-0.4, -0.2) is 12.9 Å². The Hall–Kier alpha value is -1.41. The third-order valence-corrected chi connectivity index (χ3v) is 2.86. The lowest BCUT2D eigenvalue weighted by Crippen LogP contribution is -2.20. The van der Waals surface area contributed by atoms with E-state index in [2.05, 4.69) is 31.2 Å². The summed E-state index contributed by atoms with van der Waals surface area (Å²) in [5, 5.41) is 0. The van der Waals surface area contributed by atoms with Gasteiger partial charge in [0.25, 0.3) is 0 Å². The van der Waals surface area contributed by atoms with Gasteiger partial charge in [0.2, 0.25) is 0 Å². The second-order valence-corrected chi connectivity index (χ2v) is 5.49. The molecular weight excluding hydrogens is 236 g/mol. The Balaban J connectivity index is 2.60. The number of ether oxygens (including phenoxy) is 1. The van der Waals surface area contributed by atoms with E-state index in [0.29, 0.717) is 13.2 Å². The van der Waals surface area contributed by atoms with Gasteiger partial charge in [0.05, 0.1) is 13.2 Å². The van der Waals surface area contributed by atoms with Crippen LogP contribution < -0.4 is 0 Å². The first-order chi connectivity index (χ1) is 9.09. The second kappa shape index (κ2) is 7.90. The van der Waals surface area contributed by atoms with Crippen LogP contribution in [0.2, 0.25) is 0 Å². The standard InChI is InChI=1S/C17H24O2/c1-4-5-6-9-15-10-7-8-11-16(15)12-19-14-17(2,3)13-18/h6-11,13H,4-5,12,14H2,1-3H3. The maximum absolute atomic E-state index is 10.8. The average molecular weight is 260 g/mol. The summed E-state index contributed by atoms with van der Waals surface area (Å²) in [5.74, 6) is 0. The quantitative estimate of drug-likeness (QED) is 0.653. The lowest BCUT2D eigenvalue weighted by Gasteiger charge is -2.17. The third-order valence-electron chi connectivity index (χ3n) is 2.86. The van der Waals surface area contributed by atoms with Gasteiger partial charge in [0, 0.05) is 5.41 Å². The van der Waals surface area contributed by atoms with E-state index in [0.717, 1.165) is 24.7 Å². The Labute approximate surface area is 116 Å². The molecule has 0 saturated heterocycles. The molecule has 0 aliphatic rings. The molecule has 0 N–H and O–H groups in total. The third kappa shape index (κ3) is 5.84. The van der Waals surface area contributed by atoms with Gasteiger partial charge in [-0.3, -0.25) is 0 Å². The van der Waals surface area contributed by atoms with Gasteiger partial charge in [-0.15, -0.1) is 0 Å². The molecule has 0 aliphatic heterocycles.